The minimum absolute atomic E-state index is 0.324. The van der Waals surface area contributed by atoms with E-state index in [1.807, 2.05) is 0 Å². The van der Waals surface area contributed by atoms with Crippen LogP contribution in [0.15, 0.2) is 12.1 Å². The Balaban J connectivity index is 3.68. The van der Waals surface area contributed by atoms with Gasteiger partial charge >= 0.3 is 17.3 Å². The van der Waals surface area contributed by atoms with Gasteiger partial charge in [0.2, 0.25) is 5.82 Å². The van der Waals surface area contributed by atoms with E-state index in [1.165, 1.54) is 6.92 Å². The number of nitro benzene ring substituents is 1. The fourth-order valence-corrected chi connectivity index (χ4v) is 1.70. The molecule has 0 fully saturated rings. The first-order valence-electron chi connectivity index (χ1n) is 5.36. The molecule has 1 rings (SSSR count). The smallest absolute Gasteiger partial charge is 0.358 e. The molecule has 1 unspecified atom stereocenters. The average molecular weight is 326 g/mol. The minimum Gasteiger partial charge on any atom is -0.463 e. The zero-order chi connectivity index (χ0) is 16.4. The predicted molar refractivity (Wildman–Crippen MR) is 63.3 cm³/mol. The number of hydrogen-bond acceptors (Lipinski definition) is 5. The third-order valence-electron chi connectivity index (χ3n) is 2.45. The molecule has 0 aliphatic heterocycles. The first-order valence-corrected chi connectivity index (χ1v) is 5.74. The number of nitrogens with zero attached hydrogens (tertiary/aromatic N) is 1. The molecule has 0 N–H and O–H groups in total. The maximum absolute atomic E-state index is 14.6. The Hall–Kier alpha value is -2.16. The quantitative estimate of drug-likeness (QED) is 0.273. The molecular weight excluding hydrogens is 319 g/mol. The Bertz CT molecular complexity index is 624. The summed E-state index contributed by atoms with van der Waals surface area (Å²) in [5, 5.41) is 8.79. The Labute approximate surface area is 120 Å². The van der Waals surface area contributed by atoms with Crippen molar-refractivity contribution in [3.63, 3.8) is 0 Å². The van der Waals surface area contributed by atoms with Crippen LogP contribution in [0.4, 0.5) is 18.9 Å². The van der Waals surface area contributed by atoms with Crippen LogP contribution in [-0.2, 0) is 20.0 Å². The van der Waals surface area contributed by atoms with Gasteiger partial charge in [-0.3, -0.25) is 14.9 Å². The molecule has 0 saturated carbocycles. The van der Waals surface area contributed by atoms with Crippen LogP contribution in [0, 0.1) is 21.7 Å². The molecule has 0 spiro atoms. The lowest BCUT2D eigenvalue weighted by molar-refractivity contribution is -0.389. The van der Waals surface area contributed by atoms with E-state index in [9.17, 15) is 32.9 Å². The summed E-state index contributed by atoms with van der Waals surface area (Å²) in [7, 11) is 0. The number of alkyl halides is 1. The van der Waals surface area contributed by atoms with Crippen LogP contribution in [-0.4, -0.2) is 22.7 Å². The monoisotopic (exact) mass is 325 g/mol. The largest absolute Gasteiger partial charge is 0.463 e. The molecule has 0 bridgehead atoms. The van der Waals surface area contributed by atoms with Gasteiger partial charge in [-0.1, -0.05) is 0 Å². The molecule has 0 radical (unpaired) electrons. The Morgan fingerprint density at radius 2 is 2.00 bits per heavy atom. The van der Waals surface area contributed by atoms with Crippen LogP contribution in [0.3, 0.4) is 0 Å². The SMILES string of the molecule is CCOC(=O)C(F)(C(=O)Cl)c1ccc(F)c(F)c1[N+](=O)[O-]. The number of benzene rings is 1. The molecule has 10 heteroatoms. The Morgan fingerprint density at radius 1 is 1.43 bits per heavy atom. The summed E-state index contributed by atoms with van der Waals surface area (Å²) >= 11 is 4.97. The van der Waals surface area contributed by atoms with Gasteiger partial charge in [0.05, 0.1) is 17.1 Å². The van der Waals surface area contributed by atoms with Gasteiger partial charge in [-0.25, -0.2) is 13.6 Å². The molecule has 6 nitrogen and oxygen atoms in total. The normalized spacial score (nSPS) is 13.4. The van der Waals surface area contributed by atoms with Crippen LogP contribution in [0.5, 0.6) is 0 Å². The van der Waals surface area contributed by atoms with Crippen molar-refractivity contribution in [2.24, 2.45) is 0 Å². The number of rotatable bonds is 5. The third kappa shape index (κ3) is 2.82. The van der Waals surface area contributed by atoms with E-state index in [1.54, 1.807) is 0 Å². The summed E-state index contributed by atoms with van der Waals surface area (Å²) in [5.41, 5.74) is -6.88. The highest BCUT2D eigenvalue weighted by Crippen LogP contribution is 2.38. The summed E-state index contributed by atoms with van der Waals surface area (Å²) in [6.07, 6.45) is 0. The second kappa shape index (κ2) is 6.08. The molecule has 1 aromatic rings. The number of carbonyl (C=O) groups excluding carboxylic acids is 2. The molecule has 1 aromatic carbocycles. The first-order chi connectivity index (χ1) is 9.67. The highest BCUT2D eigenvalue weighted by atomic mass is 35.5. The second-order valence-electron chi connectivity index (χ2n) is 3.67. The van der Waals surface area contributed by atoms with E-state index in [2.05, 4.69) is 4.74 Å². The van der Waals surface area contributed by atoms with Gasteiger partial charge < -0.3 is 4.74 Å². The molecule has 0 amide bonds. The Kier molecular flexibility index (Phi) is 4.89. The lowest BCUT2D eigenvalue weighted by Crippen LogP contribution is -2.39. The van der Waals surface area contributed by atoms with E-state index in [-0.39, 0.29) is 6.61 Å². The van der Waals surface area contributed by atoms with Gasteiger partial charge in [0.25, 0.3) is 5.24 Å². The molecule has 114 valence electrons. The zero-order valence-electron chi connectivity index (χ0n) is 10.4. The van der Waals surface area contributed by atoms with E-state index < -0.39 is 44.7 Å². The highest BCUT2D eigenvalue weighted by molar-refractivity contribution is 6.67. The lowest BCUT2D eigenvalue weighted by atomic mass is 9.95. The predicted octanol–water partition coefficient (Wildman–Crippen LogP) is 2.37. The molecule has 21 heavy (non-hydrogen) atoms. The summed E-state index contributed by atoms with van der Waals surface area (Å²) in [5.74, 6) is -5.54. The van der Waals surface area contributed by atoms with Gasteiger partial charge in [0, 0.05) is 0 Å². The lowest BCUT2D eigenvalue weighted by Gasteiger charge is -2.19. The third-order valence-corrected chi connectivity index (χ3v) is 2.71. The summed E-state index contributed by atoms with van der Waals surface area (Å²) in [6, 6.07) is 0.707. The van der Waals surface area contributed by atoms with Crippen molar-refractivity contribution in [3.05, 3.63) is 39.4 Å². The van der Waals surface area contributed by atoms with Gasteiger partial charge in [0.1, 0.15) is 0 Å². The molecule has 0 saturated heterocycles. The zero-order valence-corrected chi connectivity index (χ0v) is 11.1. The van der Waals surface area contributed by atoms with Crippen LogP contribution in [0.1, 0.15) is 12.5 Å². The molecule has 0 aromatic heterocycles. The molecule has 1 atom stereocenters. The summed E-state index contributed by atoms with van der Waals surface area (Å²) in [6.45, 7) is 0.906. The molecule has 0 heterocycles. The van der Waals surface area contributed by atoms with Crippen molar-refractivity contribution in [2.45, 2.75) is 12.6 Å². The van der Waals surface area contributed by atoms with Crippen LogP contribution in [0.25, 0.3) is 0 Å². The van der Waals surface area contributed by atoms with Gasteiger partial charge in [-0.15, -0.1) is 0 Å². The average Bonchev–Trinajstić information content (AvgIpc) is 2.40. The summed E-state index contributed by atoms with van der Waals surface area (Å²) < 4.78 is 45.4. The fourth-order valence-electron chi connectivity index (χ4n) is 1.52. The standard InChI is InChI=1S/C11H7ClF3NO5/c1-2-21-10(18)11(15,9(12)17)5-3-4-6(13)7(14)8(5)16(19)20/h3-4H,2H2,1H3. The Morgan fingerprint density at radius 3 is 2.43 bits per heavy atom. The van der Waals surface area contributed by atoms with E-state index in [4.69, 9.17) is 11.6 Å². The number of hydrogen-bond donors (Lipinski definition) is 0. The van der Waals surface area contributed by atoms with Crippen molar-refractivity contribution in [1.29, 1.82) is 0 Å². The highest BCUT2D eigenvalue weighted by Gasteiger charge is 2.54. The number of esters is 1. The first kappa shape index (κ1) is 16.9. The maximum Gasteiger partial charge on any atom is 0.358 e. The molecule has 0 aliphatic carbocycles. The minimum atomic E-state index is -3.82. The summed E-state index contributed by atoms with van der Waals surface area (Å²) in [4.78, 5) is 32.0. The second-order valence-corrected chi connectivity index (χ2v) is 4.01. The van der Waals surface area contributed by atoms with Crippen LogP contribution >= 0.6 is 11.6 Å². The van der Waals surface area contributed by atoms with Crippen molar-refractivity contribution in [3.8, 4) is 0 Å². The van der Waals surface area contributed by atoms with E-state index in [0.29, 0.717) is 12.1 Å². The van der Waals surface area contributed by atoms with E-state index in [0.717, 1.165) is 0 Å². The van der Waals surface area contributed by atoms with Crippen molar-refractivity contribution in [1.82, 2.24) is 0 Å². The van der Waals surface area contributed by atoms with Crippen LogP contribution in [0.2, 0.25) is 0 Å². The maximum atomic E-state index is 14.6. The van der Waals surface area contributed by atoms with E-state index >= 15 is 0 Å². The van der Waals surface area contributed by atoms with Crippen LogP contribution < -0.4 is 0 Å². The number of nitro groups is 1. The number of carbonyl (C=O) groups is 2. The van der Waals surface area contributed by atoms with Crippen molar-refractivity contribution >= 4 is 28.5 Å². The van der Waals surface area contributed by atoms with Gasteiger partial charge in [-0.05, 0) is 30.7 Å². The van der Waals surface area contributed by atoms with Gasteiger partial charge in [-0.2, -0.15) is 4.39 Å². The fraction of sp³-hybridized carbons (Fsp3) is 0.273. The molecule has 0 aliphatic rings. The van der Waals surface area contributed by atoms with Crippen molar-refractivity contribution < 1.29 is 32.4 Å². The topological polar surface area (TPSA) is 86.5 Å². The number of ether oxygens (including phenoxy) is 1. The number of halogens is 4. The van der Waals surface area contributed by atoms with Gasteiger partial charge in [0.15, 0.2) is 5.82 Å². The molecular formula is C11H7ClF3NO5. The van der Waals surface area contributed by atoms with Crippen molar-refractivity contribution in [2.75, 3.05) is 6.61 Å².